The van der Waals surface area contributed by atoms with Gasteiger partial charge in [-0.2, -0.15) is 0 Å². The molecule has 3 heterocycles. The summed E-state index contributed by atoms with van der Waals surface area (Å²) in [5.41, 5.74) is 9.31. The Kier molecular flexibility index (Phi) is 3.42. The summed E-state index contributed by atoms with van der Waals surface area (Å²) in [5, 5.41) is 1.80. The molecule has 1 aliphatic heterocycles. The molecule has 2 N–H and O–H groups in total. The zero-order chi connectivity index (χ0) is 17.8. The van der Waals surface area contributed by atoms with Gasteiger partial charge < -0.3 is 10.5 Å². The number of halogens is 1. The lowest BCUT2D eigenvalue weighted by Gasteiger charge is -2.26. The minimum absolute atomic E-state index is 0.0788. The summed E-state index contributed by atoms with van der Waals surface area (Å²) in [6.07, 6.45) is 1.44. The summed E-state index contributed by atoms with van der Waals surface area (Å²) >= 11 is 7.81. The van der Waals surface area contributed by atoms with E-state index >= 15 is 0 Å². The zero-order valence-corrected chi connectivity index (χ0v) is 15.4. The van der Waals surface area contributed by atoms with Crippen molar-refractivity contribution < 1.29 is 4.74 Å². The normalized spacial score (nSPS) is 15.4. The van der Waals surface area contributed by atoms with E-state index in [9.17, 15) is 0 Å². The number of aryl methyl sites for hydroxylation is 1. The Morgan fingerprint density at radius 1 is 1.12 bits per heavy atom. The molecule has 26 heavy (non-hydrogen) atoms. The Morgan fingerprint density at radius 2 is 1.92 bits per heavy atom. The van der Waals surface area contributed by atoms with Gasteiger partial charge in [-0.25, -0.2) is 9.97 Å². The van der Waals surface area contributed by atoms with Gasteiger partial charge in [0.25, 0.3) is 0 Å². The van der Waals surface area contributed by atoms with Crippen molar-refractivity contribution in [1.29, 1.82) is 0 Å². The van der Waals surface area contributed by atoms with Crippen LogP contribution in [0.5, 0.6) is 11.6 Å². The van der Waals surface area contributed by atoms with Crippen molar-refractivity contribution in [3.63, 3.8) is 0 Å². The molecule has 6 heteroatoms. The molecule has 4 nitrogen and oxygen atoms in total. The Morgan fingerprint density at radius 3 is 2.73 bits per heavy atom. The van der Waals surface area contributed by atoms with Crippen LogP contribution in [0.15, 0.2) is 48.8 Å². The van der Waals surface area contributed by atoms with Gasteiger partial charge in [-0.05, 0) is 36.8 Å². The number of ether oxygens (including phenoxy) is 1. The minimum Gasteiger partial charge on any atom is -0.437 e. The molecule has 0 bridgehead atoms. The largest absolute Gasteiger partial charge is 0.437 e. The van der Waals surface area contributed by atoms with Crippen LogP contribution in [0, 0.1) is 6.92 Å². The third-order valence-electron chi connectivity index (χ3n) is 4.65. The van der Waals surface area contributed by atoms with E-state index in [4.69, 9.17) is 22.1 Å². The predicted octanol–water partition coefficient (Wildman–Crippen LogP) is 5.52. The fraction of sp³-hybridized carbons (Fsp3) is 0.100. The number of nitrogen functional groups attached to an aromatic ring is 1. The van der Waals surface area contributed by atoms with Gasteiger partial charge in [0.05, 0.1) is 16.4 Å². The van der Waals surface area contributed by atoms with Crippen LogP contribution in [0.2, 0.25) is 5.02 Å². The van der Waals surface area contributed by atoms with Gasteiger partial charge in [0, 0.05) is 15.1 Å². The van der Waals surface area contributed by atoms with Crippen LogP contribution >= 0.6 is 22.9 Å². The summed E-state index contributed by atoms with van der Waals surface area (Å²) in [7, 11) is 0. The van der Waals surface area contributed by atoms with Gasteiger partial charge in [-0.1, -0.05) is 35.4 Å². The number of benzene rings is 2. The second-order valence-electron chi connectivity index (χ2n) is 6.36. The molecule has 1 atom stereocenters. The first-order valence-electron chi connectivity index (χ1n) is 8.18. The summed E-state index contributed by atoms with van der Waals surface area (Å²) in [4.78, 5) is 9.65. The average Bonchev–Trinajstić information content (AvgIpc) is 2.99. The molecule has 0 spiro atoms. The van der Waals surface area contributed by atoms with E-state index in [0.29, 0.717) is 16.7 Å². The lowest BCUT2D eigenvalue weighted by atomic mass is 9.88. The van der Waals surface area contributed by atoms with Crippen molar-refractivity contribution in [2.45, 2.75) is 12.8 Å². The van der Waals surface area contributed by atoms with Crippen molar-refractivity contribution in [3.05, 3.63) is 75.4 Å². The van der Waals surface area contributed by atoms with E-state index in [0.717, 1.165) is 27.1 Å². The maximum Gasteiger partial charge on any atom is 0.228 e. The van der Waals surface area contributed by atoms with Crippen LogP contribution in [0.3, 0.4) is 0 Å². The molecule has 1 unspecified atom stereocenters. The topological polar surface area (TPSA) is 61.0 Å². The molecule has 4 aromatic rings. The number of anilines is 1. The van der Waals surface area contributed by atoms with E-state index < -0.39 is 0 Å². The van der Waals surface area contributed by atoms with E-state index in [2.05, 4.69) is 35.1 Å². The number of rotatable bonds is 1. The number of thiophene rings is 1. The number of nitrogens with zero attached hydrogens (tertiary/aromatic N) is 2. The highest BCUT2D eigenvalue weighted by Gasteiger charge is 2.35. The van der Waals surface area contributed by atoms with Crippen LogP contribution in [0.25, 0.3) is 10.1 Å². The molecule has 2 aromatic carbocycles. The molecule has 0 amide bonds. The zero-order valence-electron chi connectivity index (χ0n) is 13.9. The van der Waals surface area contributed by atoms with Crippen molar-refractivity contribution in [2.75, 3.05) is 5.73 Å². The molecule has 0 radical (unpaired) electrons. The smallest absolute Gasteiger partial charge is 0.228 e. The number of fused-ring (bicyclic) bond motifs is 4. The van der Waals surface area contributed by atoms with E-state index in [1.807, 2.05) is 24.3 Å². The summed E-state index contributed by atoms with van der Waals surface area (Å²) < 4.78 is 7.37. The third kappa shape index (κ3) is 2.28. The molecular weight excluding hydrogens is 366 g/mol. The molecule has 5 rings (SSSR count). The van der Waals surface area contributed by atoms with Gasteiger partial charge in [-0.15, -0.1) is 11.3 Å². The van der Waals surface area contributed by atoms with Crippen molar-refractivity contribution >= 4 is 38.8 Å². The first-order valence-corrected chi connectivity index (χ1v) is 9.38. The minimum atomic E-state index is -0.0788. The van der Waals surface area contributed by atoms with Crippen molar-refractivity contribution in [1.82, 2.24) is 9.97 Å². The Bertz CT molecular complexity index is 1150. The van der Waals surface area contributed by atoms with Crippen LogP contribution in [-0.4, -0.2) is 9.97 Å². The average molecular weight is 380 g/mol. The maximum atomic E-state index is 6.22. The van der Waals surface area contributed by atoms with Crippen LogP contribution < -0.4 is 10.5 Å². The number of aromatic nitrogens is 2. The number of nitrogens with two attached hydrogens (primary N) is 1. The Hall–Kier alpha value is -2.63. The van der Waals surface area contributed by atoms with Crippen molar-refractivity contribution in [2.24, 2.45) is 0 Å². The third-order valence-corrected chi connectivity index (χ3v) is 6.12. The quantitative estimate of drug-likeness (QED) is 0.416. The first-order chi connectivity index (χ1) is 12.6. The molecular formula is C20H14ClN3OS. The standard InChI is InChI=1S/C20H14ClN3OS/c1-10-2-7-14-13(8-10)17-18(26-14)15(11-3-5-12(21)6-4-11)16-19(22)23-9-24-20(16)25-17/h2-9,15H,1H3,(H2,22,23,24). The maximum absolute atomic E-state index is 6.22. The molecule has 0 saturated carbocycles. The van der Waals surface area contributed by atoms with Gasteiger partial charge in [-0.3, -0.25) is 0 Å². The van der Waals surface area contributed by atoms with E-state index in [1.54, 1.807) is 11.3 Å². The van der Waals surface area contributed by atoms with Gasteiger partial charge in [0.2, 0.25) is 5.88 Å². The number of hydrogen-bond donors (Lipinski definition) is 1. The second kappa shape index (κ2) is 5.69. The Balaban J connectivity index is 1.83. The summed E-state index contributed by atoms with van der Waals surface area (Å²) in [6.45, 7) is 2.08. The lowest BCUT2D eigenvalue weighted by Crippen LogP contribution is -2.14. The monoisotopic (exact) mass is 379 g/mol. The van der Waals surface area contributed by atoms with E-state index in [1.165, 1.54) is 16.6 Å². The highest BCUT2D eigenvalue weighted by atomic mass is 35.5. The molecule has 0 fully saturated rings. The van der Waals surface area contributed by atoms with Gasteiger partial charge in [0.1, 0.15) is 12.1 Å². The second-order valence-corrected chi connectivity index (χ2v) is 7.88. The molecule has 2 aromatic heterocycles. The molecule has 1 aliphatic rings. The Labute approximate surface area is 159 Å². The SMILES string of the molecule is Cc1ccc2sc3c(c2c1)Oc1ncnc(N)c1C3c1ccc(Cl)cc1. The fourth-order valence-electron chi connectivity index (χ4n) is 3.45. The predicted molar refractivity (Wildman–Crippen MR) is 105 cm³/mol. The van der Waals surface area contributed by atoms with Crippen LogP contribution in [0.1, 0.15) is 27.5 Å². The van der Waals surface area contributed by atoms with Crippen molar-refractivity contribution in [3.8, 4) is 11.6 Å². The fourth-order valence-corrected chi connectivity index (χ4v) is 4.83. The molecule has 0 aliphatic carbocycles. The van der Waals surface area contributed by atoms with Crippen LogP contribution in [0.4, 0.5) is 5.82 Å². The molecule has 0 saturated heterocycles. The van der Waals surface area contributed by atoms with Gasteiger partial charge >= 0.3 is 0 Å². The first kappa shape index (κ1) is 15.6. The van der Waals surface area contributed by atoms with Crippen LogP contribution in [-0.2, 0) is 0 Å². The molecule has 128 valence electrons. The van der Waals surface area contributed by atoms with Gasteiger partial charge in [0.15, 0.2) is 5.75 Å². The summed E-state index contributed by atoms with van der Waals surface area (Å²) in [6, 6.07) is 14.2. The lowest BCUT2D eigenvalue weighted by molar-refractivity contribution is 0.441. The number of hydrogen-bond acceptors (Lipinski definition) is 5. The van der Waals surface area contributed by atoms with E-state index in [-0.39, 0.29) is 5.92 Å². The summed E-state index contributed by atoms with van der Waals surface area (Å²) in [5.74, 6) is 1.74. The highest BCUT2D eigenvalue weighted by Crippen LogP contribution is 2.54. The highest BCUT2D eigenvalue weighted by molar-refractivity contribution is 7.19.